The summed E-state index contributed by atoms with van der Waals surface area (Å²) in [5.41, 5.74) is 2.65. The molecule has 3 aromatic carbocycles. The molecule has 9 heteroatoms. The summed E-state index contributed by atoms with van der Waals surface area (Å²) >= 11 is 12.3. The van der Waals surface area contributed by atoms with Gasteiger partial charge in [0, 0.05) is 23.0 Å². The molecule has 0 spiro atoms. The van der Waals surface area contributed by atoms with Gasteiger partial charge in [-0.2, -0.15) is 0 Å². The van der Waals surface area contributed by atoms with Crippen LogP contribution in [0.1, 0.15) is 78.3 Å². The molecule has 2 N–H and O–H groups in total. The fourth-order valence-electron chi connectivity index (χ4n) is 4.89. The molecule has 0 saturated heterocycles. The molecule has 3 aromatic rings. The van der Waals surface area contributed by atoms with Crippen molar-refractivity contribution >= 4 is 46.7 Å². The molecule has 7 nitrogen and oxygen atoms in total. The quantitative estimate of drug-likeness (QED) is 0.283. The molecule has 1 aliphatic heterocycles. The third-order valence-electron chi connectivity index (χ3n) is 7.01. The highest BCUT2D eigenvalue weighted by Crippen LogP contribution is 2.41. The molecular formula is C30H30Cl2N2O5. The largest absolute Gasteiger partial charge is 0.481 e. The number of anilines is 1. The number of carbonyl (C=O) groups excluding carboxylic acids is 2. The van der Waals surface area contributed by atoms with Gasteiger partial charge >= 0.3 is 5.97 Å². The number of carboxylic acid groups (broad SMARTS) is 1. The number of rotatable bonds is 9. The van der Waals surface area contributed by atoms with Crippen molar-refractivity contribution in [2.75, 3.05) is 11.4 Å². The zero-order valence-corrected chi connectivity index (χ0v) is 23.2. The SMILES string of the molecule is C[C@H](O)c1ccc2c(c1)C(=O)N([C@H](C)c1ccc(Cl)cc1)[C@@H](c1ccc(Cl)cc1)C(=O)N2CCCCC(=O)O. The van der Waals surface area contributed by atoms with E-state index in [1.54, 1.807) is 71.3 Å². The summed E-state index contributed by atoms with van der Waals surface area (Å²) < 4.78 is 0. The average molecular weight is 569 g/mol. The highest BCUT2D eigenvalue weighted by atomic mass is 35.5. The summed E-state index contributed by atoms with van der Waals surface area (Å²) in [7, 11) is 0. The Hall–Kier alpha value is -3.39. The van der Waals surface area contributed by atoms with E-state index in [4.69, 9.17) is 28.3 Å². The van der Waals surface area contributed by atoms with Crippen molar-refractivity contribution in [3.05, 3.63) is 99.0 Å². The highest BCUT2D eigenvalue weighted by Gasteiger charge is 2.43. The second kappa shape index (κ2) is 12.2. The minimum Gasteiger partial charge on any atom is -0.481 e. The molecule has 1 aliphatic rings. The van der Waals surface area contributed by atoms with Crippen molar-refractivity contribution in [2.24, 2.45) is 0 Å². The zero-order valence-electron chi connectivity index (χ0n) is 21.7. The maximum atomic E-state index is 14.4. The standard InChI is InChI=1S/C30H30Cl2N2O5/c1-18(20-6-11-23(31)12-7-20)34-28(21-8-13-24(32)14-9-21)30(39)33(16-4-3-5-27(36)37)26-15-10-22(19(2)35)17-25(26)29(34)38/h6-15,17-19,28,35H,3-5,16H2,1-2H3,(H,36,37)/t18-,19+,28+/m1/s1. The van der Waals surface area contributed by atoms with Gasteiger partial charge in [-0.05, 0) is 79.8 Å². The third-order valence-corrected chi connectivity index (χ3v) is 7.52. The number of aliphatic hydroxyl groups is 1. The Kier molecular flexibility index (Phi) is 8.95. The summed E-state index contributed by atoms with van der Waals surface area (Å²) in [5.74, 6) is -1.59. The van der Waals surface area contributed by atoms with E-state index in [1.165, 1.54) is 0 Å². The Bertz CT molecular complexity index is 1360. The van der Waals surface area contributed by atoms with Crippen LogP contribution >= 0.6 is 23.2 Å². The summed E-state index contributed by atoms with van der Waals surface area (Å²) in [6, 6.07) is 17.5. The summed E-state index contributed by atoms with van der Waals surface area (Å²) in [4.78, 5) is 43.0. The molecule has 0 aromatic heterocycles. The summed E-state index contributed by atoms with van der Waals surface area (Å²) in [6.45, 7) is 3.70. The lowest BCUT2D eigenvalue weighted by Crippen LogP contribution is -2.44. The van der Waals surface area contributed by atoms with E-state index < -0.39 is 24.2 Å². The van der Waals surface area contributed by atoms with E-state index >= 15 is 0 Å². The van der Waals surface area contributed by atoms with Crippen LogP contribution in [0, 0.1) is 0 Å². The number of fused-ring (bicyclic) bond motifs is 1. The number of nitrogens with zero attached hydrogens (tertiary/aromatic N) is 2. The van der Waals surface area contributed by atoms with Gasteiger partial charge in [0.05, 0.1) is 23.4 Å². The van der Waals surface area contributed by atoms with E-state index in [0.29, 0.717) is 39.7 Å². The van der Waals surface area contributed by atoms with Gasteiger partial charge in [-0.15, -0.1) is 0 Å². The number of aliphatic carboxylic acids is 1. The number of amides is 2. The van der Waals surface area contributed by atoms with Crippen LogP contribution in [-0.4, -0.2) is 39.4 Å². The second-order valence-corrected chi connectivity index (χ2v) is 10.6. The monoisotopic (exact) mass is 568 g/mol. The van der Waals surface area contributed by atoms with Crippen LogP contribution in [-0.2, 0) is 9.59 Å². The molecule has 0 bridgehead atoms. The van der Waals surface area contributed by atoms with Crippen molar-refractivity contribution in [1.29, 1.82) is 0 Å². The Balaban J connectivity index is 1.89. The average Bonchev–Trinajstić information content (AvgIpc) is 2.99. The Morgan fingerprint density at radius 2 is 1.49 bits per heavy atom. The predicted octanol–water partition coefficient (Wildman–Crippen LogP) is 6.59. The van der Waals surface area contributed by atoms with Crippen molar-refractivity contribution < 1.29 is 24.6 Å². The van der Waals surface area contributed by atoms with E-state index in [9.17, 15) is 19.5 Å². The second-order valence-electron chi connectivity index (χ2n) is 9.69. The van der Waals surface area contributed by atoms with Crippen LogP contribution in [0.4, 0.5) is 5.69 Å². The molecule has 4 rings (SSSR count). The number of carboxylic acids is 1. The number of hydrogen-bond acceptors (Lipinski definition) is 4. The number of aliphatic hydroxyl groups excluding tert-OH is 1. The first-order chi connectivity index (χ1) is 18.6. The van der Waals surface area contributed by atoms with Gasteiger partial charge in [0.15, 0.2) is 0 Å². The predicted molar refractivity (Wildman–Crippen MR) is 151 cm³/mol. The van der Waals surface area contributed by atoms with Crippen LogP contribution in [0.25, 0.3) is 0 Å². The van der Waals surface area contributed by atoms with Gasteiger partial charge in [0.2, 0.25) is 0 Å². The minimum atomic E-state index is -0.984. The maximum absolute atomic E-state index is 14.4. The molecule has 3 atom stereocenters. The molecule has 2 amide bonds. The fourth-order valence-corrected chi connectivity index (χ4v) is 5.14. The normalized spacial score (nSPS) is 17.0. The van der Waals surface area contributed by atoms with Gasteiger partial charge < -0.3 is 20.0 Å². The van der Waals surface area contributed by atoms with Crippen molar-refractivity contribution in [1.82, 2.24) is 4.90 Å². The van der Waals surface area contributed by atoms with Crippen LogP contribution < -0.4 is 4.90 Å². The molecule has 0 aliphatic carbocycles. The number of hydrogen-bond donors (Lipinski definition) is 2. The minimum absolute atomic E-state index is 0.0187. The zero-order chi connectivity index (χ0) is 28.3. The van der Waals surface area contributed by atoms with E-state index in [-0.39, 0.29) is 30.3 Å². The van der Waals surface area contributed by atoms with Gasteiger partial charge in [-0.25, -0.2) is 0 Å². The van der Waals surface area contributed by atoms with Gasteiger partial charge in [0.1, 0.15) is 6.04 Å². The van der Waals surface area contributed by atoms with Crippen LogP contribution in [0.15, 0.2) is 66.7 Å². The van der Waals surface area contributed by atoms with Crippen LogP contribution in [0.5, 0.6) is 0 Å². The van der Waals surface area contributed by atoms with Crippen molar-refractivity contribution in [3.63, 3.8) is 0 Å². The Morgan fingerprint density at radius 1 is 0.897 bits per heavy atom. The van der Waals surface area contributed by atoms with Crippen molar-refractivity contribution in [2.45, 2.75) is 51.3 Å². The fraction of sp³-hybridized carbons (Fsp3) is 0.300. The summed E-state index contributed by atoms with van der Waals surface area (Å²) in [6.07, 6.45) is -0.0239. The number of benzene rings is 3. The first-order valence-corrected chi connectivity index (χ1v) is 13.5. The lowest BCUT2D eigenvalue weighted by molar-refractivity contribution is -0.137. The topological polar surface area (TPSA) is 98.2 Å². The molecule has 0 fully saturated rings. The summed E-state index contributed by atoms with van der Waals surface area (Å²) in [5, 5.41) is 20.4. The number of halogens is 2. The lowest BCUT2D eigenvalue weighted by atomic mass is 9.98. The Morgan fingerprint density at radius 3 is 2.08 bits per heavy atom. The number of carbonyl (C=O) groups is 3. The molecule has 0 radical (unpaired) electrons. The van der Waals surface area contributed by atoms with E-state index in [0.717, 1.165) is 5.56 Å². The lowest BCUT2D eigenvalue weighted by Gasteiger charge is -2.36. The smallest absolute Gasteiger partial charge is 0.303 e. The van der Waals surface area contributed by atoms with Gasteiger partial charge in [0.25, 0.3) is 11.8 Å². The third kappa shape index (κ3) is 6.27. The maximum Gasteiger partial charge on any atom is 0.303 e. The molecule has 0 saturated carbocycles. The molecular weight excluding hydrogens is 539 g/mol. The molecule has 39 heavy (non-hydrogen) atoms. The first-order valence-electron chi connectivity index (χ1n) is 12.8. The van der Waals surface area contributed by atoms with Gasteiger partial charge in [-0.3, -0.25) is 14.4 Å². The van der Waals surface area contributed by atoms with Crippen LogP contribution in [0.2, 0.25) is 10.0 Å². The molecule has 1 heterocycles. The van der Waals surface area contributed by atoms with E-state index in [2.05, 4.69) is 0 Å². The van der Waals surface area contributed by atoms with E-state index in [1.807, 2.05) is 19.1 Å². The molecule has 0 unspecified atom stereocenters. The first kappa shape index (κ1) is 28.6. The molecule has 204 valence electrons. The van der Waals surface area contributed by atoms with Gasteiger partial charge in [-0.1, -0.05) is 53.5 Å². The van der Waals surface area contributed by atoms with Crippen molar-refractivity contribution in [3.8, 4) is 0 Å². The highest BCUT2D eigenvalue weighted by molar-refractivity contribution is 6.30. The van der Waals surface area contributed by atoms with Crippen LogP contribution in [0.3, 0.4) is 0 Å². The number of unbranched alkanes of at least 4 members (excludes halogenated alkanes) is 1. The Labute approximate surface area is 237 Å².